The maximum atomic E-state index is 11.6. The second kappa shape index (κ2) is 21.2. The quantitative estimate of drug-likeness (QED) is 0.202. The van der Waals surface area contributed by atoms with E-state index in [4.69, 9.17) is 4.74 Å². The van der Waals surface area contributed by atoms with Crippen LogP contribution >= 0.6 is 0 Å². The Kier molecular flexibility index (Phi) is 19.6. The van der Waals surface area contributed by atoms with E-state index in [1.165, 1.54) is 0 Å². The molecule has 0 bridgehead atoms. The summed E-state index contributed by atoms with van der Waals surface area (Å²) in [5.74, 6) is -0.155. The maximum absolute atomic E-state index is 11.6. The van der Waals surface area contributed by atoms with Crippen molar-refractivity contribution < 1.29 is 9.53 Å². The maximum Gasteiger partial charge on any atom is 0.308 e. The largest absolute Gasteiger partial charge is 0.465 e. The van der Waals surface area contributed by atoms with Gasteiger partial charge in [0.2, 0.25) is 0 Å². The van der Waals surface area contributed by atoms with Crippen LogP contribution in [0.3, 0.4) is 0 Å². The van der Waals surface area contributed by atoms with Crippen molar-refractivity contribution in [3.63, 3.8) is 0 Å². The number of hydrogen-bond donors (Lipinski definition) is 0. The standard InChI is InChI=1S/C26H40O2/c1-4-6-7-8-9-10-11-12-13-14-15-16-17-18-19-20-21-22-23-25(3)26(27)28-24-5-2/h6-7,9-10,12-13,15-16,18-19,21-22,25H,4-5,8,11,14,17,20,23-24H2,1-3H3/b7-6-,10-9-,13-12-,16-15-,19-18-,22-21-. The minimum absolute atomic E-state index is 0.0591. The van der Waals surface area contributed by atoms with Crippen molar-refractivity contribution in [1.29, 1.82) is 0 Å². The van der Waals surface area contributed by atoms with E-state index in [-0.39, 0.29) is 11.9 Å². The predicted molar refractivity (Wildman–Crippen MR) is 123 cm³/mol. The second-order valence-corrected chi connectivity index (χ2v) is 6.72. The van der Waals surface area contributed by atoms with Gasteiger partial charge in [0.15, 0.2) is 0 Å². The number of ether oxygens (including phenoxy) is 1. The van der Waals surface area contributed by atoms with Gasteiger partial charge in [-0.25, -0.2) is 0 Å². The fourth-order valence-corrected chi connectivity index (χ4v) is 2.26. The molecular weight excluding hydrogens is 344 g/mol. The third-order valence-corrected chi connectivity index (χ3v) is 3.94. The number of carbonyl (C=O) groups is 1. The van der Waals surface area contributed by atoms with E-state index >= 15 is 0 Å². The van der Waals surface area contributed by atoms with Crippen LogP contribution in [0, 0.1) is 5.92 Å². The molecule has 0 aliphatic carbocycles. The van der Waals surface area contributed by atoms with E-state index in [2.05, 4.69) is 79.8 Å². The van der Waals surface area contributed by atoms with Gasteiger partial charge in [-0.15, -0.1) is 0 Å². The van der Waals surface area contributed by atoms with Gasteiger partial charge in [0.05, 0.1) is 12.5 Å². The molecule has 0 rings (SSSR count). The third-order valence-electron chi connectivity index (χ3n) is 3.94. The molecule has 0 aromatic heterocycles. The molecule has 28 heavy (non-hydrogen) atoms. The smallest absolute Gasteiger partial charge is 0.308 e. The van der Waals surface area contributed by atoms with E-state index in [0.29, 0.717) is 6.61 Å². The van der Waals surface area contributed by atoms with Crippen LogP contribution in [0.15, 0.2) is 72.9 Å². The minimum atomic E-state index is -0.0959. The minimum Gasteiger partial charge on any atom is -0.465 e. The Morgan fingerprint density at radius 2 is 1.07 bits per heavy atom. The van der Waals surface area contributed by atoms with Crippen molar-refractivity contribution in [1.82, 2.24) is 0 Å². The lowest BCUT2D eigenvalue weighted by Crippen LogP contribution is -2.14. The highest BCUT2D eigenvalue weighted by Gasteiger charge is 2.11. The number of hydrogen-bond acceptors (Lipinski definition) is 2. The summed E-state index contributed by atoms with van der Waals surface area (Å²) in [5.41, 5.74) is 0. The van der Waals surface area contributed by atoms with Crippen LogP contribution in [0.4, 0.5) is 0 Å². The molecular formula is C26H40O2. The zero-order valence-electron chi connectivity index (χ0n) is 18.2. The predicted octanol–water partition coefficient (Wildman–Crippen LogP) is 7.66. The Balaban J connectivity index is 3.66. The van der Waals surface area contributed by atoms with Gasteiger partial charge in [0, 0.05) is 0 Å². The van der Waals surface area contributed by atoms with Gasteiger partial charge in [-0.05, 0) is 51.4 Å². The summed E-state index contributed by atoms with van der Waals surface area (Å²) in [6.45, 7) is 6.59. The van der Waals surface area contributed by atoms with Gasteiger partial charge in [-0.2, -0.15) is 0 Å². The average Bonchev–Trinajstić information content (AvgIpc) is 2.70. The zero-order chi connectivity index (χ0) is 20.7. The molecule has 2 nitrogen and oxygen atoms in total. The summed E-state index contributed by atoms with van der Waals surface area (Å²) in [7, 11) is 0. The van der Waals surface area contributed by atoms with Crippen LogP contribution in [-0.4, -0.2) is 12.6 Å². The van der Waals surface area contributed by atoms with Crippen molar-refractivity contribution in [2.24, 2.45) is 5.92 Å². The topological polar surface area (TPSA) is 26.3 Å². The molecule has 0 heterocycles. The van der Waals surface area contributed by atoms with Gasteiger partial charge in [0.25, 0.3) is 0 Å². The monoisotopic (exact) mass is 384 g/mol. The van der Waals surface area contributed by atoms with Gasteiger partial charge in [0.1, 0.15) is 0 Å². The molecule has 0 amide bonds. The van der Waals surface area contributed by atoms with E-state index in [1.54, 1.807) is 0 Å². The molecule has 1 atom stereocenters. The Hall–Kier alpha value is -2.09. The summed E-state index contributed by atoms with van der Waals surface area (Å²) in [4.78, 5) is 11.6. The van der Waals surface area contributed by atoms with Crippen LogP contribution in [-0.2, 0) is 9.53 Å². The van der Waals surface area contributed by atoms with E-state index < -0.39 is 0 Å². The summed E-state index contributed by atoms with van der Waals surface area (Å²) >= 11 is 0. The van der Waals surface area contributed by atoms with Crippen molar-refractivity contribution >= 4 is 5.97 Å². The molecule has 0 N–H and O–H groups in total. The van der Waals surface area contributed by atoms with Crippen molar-refractivity contribution in [3.8, 4) is 0 Å². The van der Waals surface area contributed by atoms with Crippen LogP contribution in [0.25, 0.3) is 0 Å². The molecule has 0 fully saturated rings. The Morgan fingerprint density at radius 3 is 1.46 bits per heavy atom. The highest BCUT2D eigenvalue weighted by Crippen LogP contribution is 2.06. The molecule has 0 aliphatic heterocycles. The van der Waals surface area contributed by atoms with Gasteiger partial charge >= 0.3 is 5.97 Å². The Bertz CT molecular complexity index is 533. The van der Waals surface area contributed by atoms with Gasteiger partial charge in [-0.3, -0.25) is 4.79 Å². The molecule has 0 radical (unpaired) electrons. The molecule has 2 heteroatoms. The highest BCUT2D eigenvalue weighted by atomic mass is 16.5. The lowest BCUT2D eigenvalue weighted by atomic mass is 10.1. The van der Waals surface area contributed by atoms with Crippen molar-refractivity contribution in [2.45, 2.75) is 72.1 Å². The molecule has 0 saturated carbocycles. The van der Waals surface area contributed by atoms with E-state index in [9.17, 15) is 4.79 Å². The third kappa shape index (κ3) is 18.7. The molecule has 156 valence electrons. The normalized spacial score (nSPS) is 14.0. The first-order valence-electron chi connectivity index (χ1n) is 10.8. The lowest BCUT2D eigenvalue weighted by Gasteiger charge is -2.08. The van der Waals surface area contributed by atoms with Gasteiger partial charge < -0.3 is 4.74 Å². The molecule has 0 aromatic carbocycles. The summed E-state index contributed by atoms with van der Waals surface area (Å²) in [6.07, 6.45) is 33.8. The first-order chi connectivity index (χ1) is 13.7. The number of esters is 1. The molecule has 0 spiro atoms. The summed E-state index contributed by atoms with van der Waals surface area (Å²) in [5, 5.41) is 0. The van der Waals surface area contributed by atoms with E-state index in [1.807, 2.05) is 13.8 Å². The number of allylic oxidation sites excluding steroid dienone is 12. The van der Waals surface area contributed by atoms with Crippen molar-refractivity contribution in [3.05, 3.63) is 72.9 Å². The van der Waals surface area contributed by atoms with E-state index in [0.717, 1.165) is 51.4 Å². The first-order valence-corrected chi connectivity index (χ1v) is 10.8. The lowest BCUT2D eigenvalue weighted by molar-refractivity contribution is -0.147. The summed E-state index contributed by atoms with van der Waals surface area (Å²) in [6, 6.07) is 0. The number of rotatable bonds is 16. The van der Waals surface area contributed by atoms with Crippen LogP contribution in [0.2, 0.25) is 0 Å². The Morgan fingerprint density at radius 1 is 0.679 bits per heavy atom. The molecule has 1 unspecified atom stereocenters. The molecule has 0 saturated heterocycles. The van der Waals surface area contributed by atoms with Crippen LogP contribution < -0.4 is 0 Å². The average molecular weight is 385 g/mol. The van der Waals surface area contributed by atoms with Crippen LogP contribution in [0.5, 0.6) is 0 Å². The van der Waals surface area contributed by atoms with Gasteiger partial charge in [-0.1, -0.05) is 93.7 Å². The van der Waals surface area contributed by atoms with Crippen molar-refractivity contribution in [2.75, 3.05) is 6.61 Å². The first kappa shape index (κ1) is 25.9. The molecule has 0 aliphatic rings. The zero-order valence-corrected chi connectivity index (χ0v) is 18.2. The highest BCUT2D eigenvalue weighted by molar-refractivity contribution is 5.72. The Labute approximate surface area is 173 Å². The SMILES string of the molecule is CC/C=C\C/C=C\C/C=C\C/C=C\C/C=C\C/C=C\CC(C)C(=O)OCCC. The second-order valence-electron chi connectivity index (χ2n) is 6.72. The summed E-state index contributed by atoms with van der Waals surface area (Å²) < 4.78 is 5.14. The van der Waals surface area contributed by atoms with Crippen LogP contribution in [0.1, 0.15) is 72.1 Å². The fourth-order valence-electron chi connectivity index (χ4n) is 2.26. The molecule has 0 aromatic rings. The number of carbonyl (C=O) groups excluding carboxylic acids is 1. The fraction of sp³-hybridized carbons (Fsp3) is 0.500.